The molecule has 2 aromatic carbocycles. The lowest BCUT2D eigenvalue weighted by Gasteiger charge is -2.11. The highest BCUT2D eigenvalue weighted by Gasteiger charge is 2.36. The van der Waals surface area contributed by atoms with Gasteiger partial charge in [-0.15, -0.1) is 0 Å². The largest absolute Gasteiger partial charge is 0.416 e. The number of nitrogens with zero attached hydrogens (tertiary/aromatic N) is 1. The first-order valence-corrected chi connectivity index (χ1v) is 10.3. The van der Waals surface area contributed by atoms with Crippen molar-refractivity contribution in [3.05, 3.63) is 71.5 Å². The van der Waals surface area contributed by atoms with Crippen molar-refractivity contribution in [2.24, 2.45) is 0 Å². The summed E-state index contributed by atoms with van der Waals surface area (Å²) in [6, 6.07) is 10.3. The van der Waals surface area contributed by atoms with Crippen LogP contribution in [-0.4, -0.2) is 44.3 Å². The zero-order valence-corrected chi connectivity index (χ0v) is 17.5. The van der Waals surface area contributed by atoms with Crippen molar-refractivity contribution >= 4 is 44.8 Å². The number of fused-ring (bicyclic) bond motifs is 2. The molecule has 7 nitrogen and oxygen atoms in total. The number of aromatic nitrogens is 2. The highest BCUT2D eigenvalue weighted by Crippen LogP contribution is 2.40. The first kappa shape index (κ1) is 21.9. The molecule has 0 spiro atoms. The third kappa shape index (κ3) is 3.47. The number of H-pyrrole nitrogens is 1. The molecule has 1 unspecified atom stereocenters. The fraction of sp³-hybridized carbons (Fsp3) is 0.167. The topological polar surface area (TPSA) is 107 Å². The first-order chi connectivity index (χ1) is 16.2. The highest BCUT2D eigenvalue weighted by atomic mass is 19.4. The number of imide groups is 1. The molecule has 1 aliphatic rings. The zero-order chi connectivity index (χ0) is 24.2. The number of aliphatic hydroxyl groups is 2. The molecule has 2 aromatic heterocycles. The number of para-hydroxylation sites is 1. The second kappa shape index (κ2) is 7.86. The number of benzene rings is 2. The number of hydrogen-bond acceptors (Lipinski definition) is 4. The Morgan fingerprint density at radius 2 is 1.68 bits per heavy atom. The van der Waals surface area contributed by atoms with Crippen LogP contribution in [0, 0.1) is 0 Å². The molecular weight excluding hydrogens is 451 g/mol. The Balaban J connectivity index is 1.79. The number of carbonyl (C=O) groups excluding carboxylic acids is 2. The predicted molar refractivity (Wildman–Crippen MR) is 118 cm³/mol. The Labute approximate surface area is 190 Å². The number of aliphatic hydroxyl groups excluding tert-OH is 2. The molecular formula is C24H18F3N3O4. The molecule has 0 saturated heterocycles. The van der Waals surface area contributed by atoms with E-state index in [2.05, 4.69) is 10.3 Å². The molecule has 0 fully saturated rings. The molecule has 0 saturated carbocycles. The van der Waals surface area contributed by atoms with Gasteiger partial charge in [0.1, 0.15) is 0 Å². The Morgan fingerprint density at radius 3 is 2.38 bits per heavy atom. The van der Waals surface area contributed by atoms with Crippen molar-refractivity contribution in [1.82, 2.24) is 14.9 Å². The summed E-state index contributed by atoms with van der Waals surface area (Å²) >= 11 is 0. The minimum atomic E-state index is -4.60. The molecule has 0 radical (unpaired) electrons. The van der Waals surface area contributed by atoms with E-state index in [0.29, 0.717) is 16.3 Å². The van der Waals surface area contributed by atoms with Gasteiger partial charge in [-0.3, -0.25) is 14.9 Å². The van der Waals surface area contributed by atoms with Crippen LogP contribution in [0.4, 0.5) is 13.2 Å². The minimum Gasteiger partial charge on any atom is -0.394 e. The molecule has 2 amide bonds. The molecule has 34 heavy (non-hydrogen) atoms. The molecule has 1 atom stereocenters. The maximum absolute atomic E-state index is 13.4. The average Bonchev–Trinajstić information content (AvgIpc) is 3.45. The Hall–Kier alpha value is -3.89. The molecule has 4 N–H and O–H groups in total. The van der Waals surface area contributed by atoms with Crippen LogP contribution in [-0.2, 0) is 22.3 Å². The number of aromatic amines is 1. The normalized spacial score (nSPS) is 15.6. The van der Waals surface area contributed by atoms with Gasteiger partial charge in [0.25, 0.3) is 11.8 Å². The molecule has 174 valence electrons. The number of alkyl halides is 3. The van der Waals surface area contributed by atoms with Crippen molar-refractivity contribution in [3.63, 3.8) is 0 Å². The summed E-state index contributed by atoms with van der Waals surface area (Å²) in [7, 11) is 0. The van der Waals surface area contributed by atoms with Crippen molar-refractivity contribution in [1.29, 1.82) is 0 Å². The van der Waals surface area contributed by atoms with Crippen LogP contribution in [0.1, 0.15) is 16.7 Å². The average molecular weight is 469 g/mol. The van der Waals surface area contributed by atoms with E-state index in [1.165, 1.54) is 16.8 Å². The van der Waals surface area contributed by atoms with Gasteiger partial charge in [0, 0.05) is 45.3 Å². The van der Waals surface area contributed by atoms with Crippen molar-refractivity contribution in [2.45, 2.75) is 18.8 Å². The van der Waals surface area contributed by atoms with Crippen LogP contribution in [0.15, 0.2) is 54.9 Å². The lowest BCUT2D eigenvalue weighted by atomic mass is 9.95. The molecule has 4 aromatic rings. The van der Waals surface area contributed by atoms with Crippen LogP contribution < -0.4 is 5.32 Å². The first-order valence-electron chi connectivity index (χ1n) is 10.3. The van der Waals surface area contributed by atoms with E-state index in [9.17, 15) is 33.0 Å². The van der Waals surface area contributed by atoms with Gasteiger partial charge >= 0.3 is 6.18 Å². The monoisotopic (exact) mass is 469 g/mol. The Bertz CT molecular complexity index is 1500. The van der Waals surface area contributed by atoms with Crippen molar-refractivity contribution in [2.75, 3.05) is 6.61 Å². The second-order valence-corrected chi connectivity index (χ2v) is 8.04. The van der Waals surface area contributed by atoms with Crippen LogP contribution in [0.2, 0.25) is 0 Å². The van der Waals surface area contributed by atoms with E-state index >= 15 is 0 Å². The number of amides is 2. The summed E-state index contributed by atoms with van der Waals surface area (Å²) in [6.45, 7) is -0.810. The van der Waals surface area contributed by atoms with Gasteiger partial charge < -0.3 is 19.8 Å². The van der Waals surface area contributed by atoms with E-state index in [-0.39, 0.29) is 28.8 Å². The van der Waals surface area contributed by atoms with Gasteiger partial charge in [-0.25, -0.2) is 0 Å². The van der Waals surface area contributed by atoms with Crippen molar-refractivity contribution < 1.29 is 33.0 Å². The second-order valence-electron chi connectivity index (χ2n) is 8.04. The van der Waals surface area contributed by atoms with Crippen molar-refractivity contribution in [3.8, 4) is 0 Å². The van der Waals surface area contributed by atoms with Gasteiger partial charge in [-0.1, -0.05) is 24.3 Å². The molecule has 1 aliphatic heterocycles. The van der Waals surface area contributed by atoms with E-state index < -0.39 is 36.3 Å². The lowest BCUT2D eigenvalue weighted by Crippen LogP contribution is -2.22. The highest BCUT2D eigenvalue weighted by molar-refractivity contribution is 6.50. The predicted octanol–water partition coefficient (Wildman–Crippen LogP) is 3.06. The number of rotatable bonds is 5. The fourth-order valence-electron chi connectivity index (χ4n) is 4.35. The maximum Gasteiger partial charge on any atom is 0.416 e. The van der Waals surface area contributed by atoms with Gasteiger partial charge in [-0.2, -0.15) is 13.2 Å². The van der Waals surface area contributed by atoms with E-state index in [1.54, 1.807) is 18.3 Å². The van der Waals surface area contributed by atoms with E-state index in [1.807, 2.05) is 12.1 Å². The number of carbonyl (C=O) groups is 2. The quantitative estimate of drug-likeness (QED) is 0.337. The number of hydrogen-bond donors (Lipinski definition) is 4. The fourth-order valence-corrected chi connectivity index (χ4v) is 4.35. The Morgan fingerprint density at radius 1 is 0.971 bits per heavy atom. The number of nitrogens with one attached hydrogen (secondary N) is 2. The zero-order valence-electron chi connectivity index (χ0n) is 17.5. The van der Waals surface area contributed by atoms with Crippen LogP contribution in [0.5, 0.6) is 0 Å². The molecule has 5 rings (SSSR count). The molecule has 0 aliphatic carbocycles. The molecule has 3 heterocycles. The number of halogens is 3. The van der Waals surface area contributed by atoms with Crippen LogP contribution in [0.3, 0.4) is 0 Å². The summed E-state index contributed by atoms with van der Waals surface area (Å²) in [6.07, 6.45) is -2.81. The Kier molecular flexibility index (Phi) is 5.07. The van der Waals surface area contributed by atoms with Gasteiger partial charge in [0.2, 0.25) is 0 Å². The summed E-state index contributed by atoms with van der Waals surface area (Å²) in [5, 5.41) is 22.5. The summed E-state index contributed by atoms with van der Waals surface area (Å²) in [4.78, 5) is 28.8. The van der Waals surface area contributed by atoms with Gasteiger partial charge in [-0.05, 0) is 18.2 Å². The van der Waals surface area contributed by atoms with E-state index in [4.69, 9.17) is 0 Å². The van der Waals surface area contributed by atoms with Crippen LogP contribution >= 0.6 is 0 Å². The summed E-state index contributed by atoms with van der Waals surface area (Å²) < 4.78 is 41.5. The molecule has 10 heteroatoms. The van der Waals surface area contributed by atoms with Crippen LogP contribution in [0.25, 0.3) is 33.0 Å². The summed E-state index contributed by atoms with van der Waals surface area (Å²) in [5.41, 5.74) is 0.813. The summed E-state index contributed by atoms with van der Waals surface area (Å²) in [5.74, 6) is -1.29. The third-order valence-electron chi connectivity index (χ3n) is 5.89. The standard InChI is InChI=1S/C24H18F3N3O4/c25-24(26,27)12-5-6-15-17(10-30(19(15)7-12)9-13(32)11-31)21-20(22(33)29-23(21)34)16-8-28-18-4-2-1-3-14(16)18/h1-8,10,13,28,31-32H,9,11H2,(H,29,33,34). The van der Waals surface area contributed by atoms with Gasteiger partial charge in [0.05, 0.1) is 36.0 Å². The lowest BCUT2D eigenvalue weighted by molar-refractivity contribution is -0.137. The molecule has 0 bridgehead atoms. The maximum atomic E-state index is 13.4. The third-order valence-corrected chi connectivity index (χ3v) is 5.89. The SMILES string of the molecule is O=C1NC(=O)C(c2cn(CC(O)CO)c3cc(C(F)(F)F)ccc23)=C1c1c[nH]c2ccccc12. The van der Waals surface area contributed by atoms with Gasteiger partial charge in [0.15, 0.2) is 0 Å². The van der Waals surface area contributed by atoms with E-state index in [0.717, 1.165) is 17.6 Å². The smallest absolute Gasteiger partial charge is 0.394 e. The minimum absolute atomic E-state index is 0.0248.